The highest BCUT2D eigenvalue weighted by molar-refractivity contribution is 6.10. The summed E-state index contributed by atoms with van der Waals surface area (Å²) in [6, 6.07) is 11.3. The first kappa shape index (κ1) is 27.4. The minimum atomic E-state index is -3.73. The van der Waals surface area contributed by atoms with Gasteiger partial charge in [0.25, 0.3) is 0 Å². The number of nitrogens with zero attached hydrogens (tertiary/aromatic N) is 1. The molecule has 1 saturated carbocycles. The number of fused-ring (bicyclic) bond motifs is 1. The van der Waals surface area contributed by atoms with Crippen LogP contribution in [0.5, 0.6) is 17.2 Å². The topological polar surface area (TPSA) is 94.4 Å². The van der Waals surface area contributed by atoms with Crippen LogP contribution in [0.2, 0.25) is 0 Å². The summed E-state index contributed by atoms with van der Waals surface area (Å²) in [4.78, 5) is 32.8. The van der Waals surface area contributed by atoms with Gasteiger partial charge in [0.05, 0.1) is 0 Å². The van der Waals surface area contributed by atoms with Crippen LogP contribution in [-0.2, 0) is 14.3 Å². The molecule has 2 aromatic rings. The molecule has 1 fully saturated rings. The molecule has 4 aliphatic rings. The van der Waals surface area contributed by atoms with E-state index >= 15 is 0 Å². The number of alkyl halides is 2. The summed E-state index contributed by atoms with van der Waals surface area (Å²) in [6.45, 7) is 4.10. The molecule has 2 heterocycles. The van der Waals surface area contributed by atoms with Gasteiger partial charge in [-0.3, -0.25) is 14.6 Å². The molecule has 0 aromatic heterocycles. The van der Waals surface area contributed by atoms with Gasteiger partial charge in [0.15, 0.2) is 17.3 Å². The third-order valence-corrected chi connectivity index (χ3v) is 8.35. The van der Waals surface area contributed by atoms with Crippen LogP contribution in [-0.4, -0.2) is 35.0 Å². The maximum absolute atomic E-state index is 13.9. The molecule has 216 valence electrons. The Hall–Kier alpha value is -3.75. The number of halogens is 2. The predicted molar refractivity (Wildman–Crippen MR) is 146 cm³/mol. The van der Waals surface area contributed by atoms with Gasteiger partial charge in [-0.25, -0.2) is 0 Å². The number of carbonyl (C=O) groups is 2. The summed E-state index contributed by atoms with van der Waals surface area (Å²) in [5.74, 6) is -2.20. The Bertz CT molecular complexity index is 1440. The Morgan fingerprint density at radius 1 is 1.07 bits per heavy atom. The van der Waals surface area contributed by atoms with Crippen molar-refractivity contribution in [2.45, 2.75) is 83.0 Å². The molecule has 3 unspecified atom stereocenters. The SMILES string of the molecule is CC(C)CC1=NC2=C(C(=O)CC(c3ccc4c(c3)OC(F)(F)O4)C2)C(c2cccc(O)c2)C1C(=O)OC1CCCC1. The summed E-state index contributed by atoms with van der Waals surface area (Å²) in [5, 5.41) is 10.4. The van der Waals surface area contributed by atoms with E-state index in [4.69, 9.17) is 9.73 Å². The first-order chi connectivity index (χ1) is 19.6. The van der Waals surface area contributed by atoms with Crippen LogP contribution < -0.4 is 9.47 Å². The number of esters is 1. The minimum absolute atomic E-state index is 0.0405. The highest BCUT2D eigenvalue weighted by Gasteiger charge is 2.47. The van der Waals surface area contributed by atoms with E-state index in [1.165, 1.54) is 12.1 Å². The van der Waals surface area contributed by atoms with Crippen molar-refractivity contribution in [3.05, 3.63) is 64.9 Å². The summed E-state index contributed by atoms with van der Waals surface area (Å²) in [7, 11) is 0. The van der Waals surface area contributed by atoms with Crippen molar-refractivity contribution in [2.75, 3.05) is 0 Å². The second-order valence-electron chi connectivity index (χ2n) is 11.9. The third-order valence-electron chi connectivity index (χ3n) is 8.35. The van der Waals surface area contributed by atoms with E-state index in [0.29, 0.717) is 41.0 Å². The van der Waals surface area contributed by atoms with Crippen molar-refractivity contribution in [1.82, 2.24) is 0 Å². The standard InChI is InChI=1S/C32H33F2NO6/c1-17(2)12-23-30(31(38)39-22-8-3-4-9-22)28(19-6-5-7-21(36)13-19)29-24(35-23)14-20(15-25(29)37)18-10-11-26-27(16-18)41-32(33,34)40-26/h5-7,10-11,13,16-17,20,22,28,30,36H,3-4,8-9,12,14-15H2,1-2H3. The largest absolute Gasteiger partial charge is 0.586 e. The van der Waals surface area contributed by atoms with Gasteiger partial charge in [-0.1, -0.05) is 32.0 Å². The molecule has 2 aromatic carbocycles. The van der Waals surface area contributed by atoms with Gasteiger partial charge in [-0.2, -0.15) is 0 Å². The van der Waals surface area contributed by atoms with E-state index in [0.717, 1.165) is 25.7 Å². The maximum atomic E-state index is 13.9. The maximum Gasteiger partial charge on any atom is 0.586 e. The van der Waals surface area contributed by atoms with E-state index in [1.807, 2.05) is 19.9 Å². The summed E-state index contributed by atoms with van der Waals surface area (Å²) >= 11 is 0. The lowest BCUT2D eigenvalue weighted by molar-refractivity contribution is -0.286. The number of allylic oxidation sites excluding steroid dienone is 2. The lowest BCUT2D eigenvalue weighted by atomic mass is 9.68. The molecule has 7 nitrogen and oxygen atoms in total. The minimum Gasteiger partial charge on any atom is -0.508 e. The van der Waals surface area contributed by atoms with E-state index in [2.05, 4.69) is 9.47 Å². The number of hydrogen-bond acceptors (Lipinski definition) is 7. The normalized spacial score (nSPS) is 25.3. The number of hydrogen-bond donors (Lipinski definition) is 1. The van der Waals surface area contributed by atoms with E-state index < -0.39 is 18.1 Å². The Kier molecular flexibility index (Phi) is 7.08. The van der Waals surface area contributed by atoms with Crippen LogP contribution in [0, 0.1) is 11.8 Å². The van der Waals surface area contributed by atoms with Gasteiger partial charge < -0.3 is 19.3 Å². The lowest BCUT2D eigenvalue weighted by Gasteiger charge is -2.38. The molecule has 9 heteroatoms. The van der Waals surface area contributed by atoms with Gasteiger partial charge in [0, 0.05) is 29.3 Å². The zero-order chi connectivity index (χ0) is 28.9. The van der Waals surface area contributed by atoms with Gasteiger partial charge in [-0.15, -0.1) is 8.78 Å². The van der Waals surface area contributed by atoms with Crippen molar-refractivity contribution in [1.29, 1.82) is 0 Å². The number of Topliss-reactive ketones (excluding diaryl/α,β-unsaturated/α-hetero) is 1. The zero-order valence-corrected chi connectivity index (χ0v) is 23.1. The zero-order valence-electron chi connectivity index (χ0n) is 23.1. The molecule has 41 heavy (non-hydrogen) atoms. The number of carbonyl (C=O) groups excluding carboxylic acids is 2. The fourth-order valence-corrected chi connectivity index (χ4v) is 6.61. The summed E-state index contributed by atoms with van der Waals surface area (Å²) in [6.07, 6.45) is 0.832. The van der Waals surface area contributed by atoms with Crippen LogP contribution in [0.1, 0.15) is 81.8 Å². The Morgan fingerprint density at radius 3 is 2.56 bits per heavy atom. The number of aliphatic imine (C=N–C) groups is 1. The smallest absolute Gasteiger partial charge is 0.508 e. The summed E-state index contributed by atoms with van der Waals surface area (Å²) < 4.78 is 42.4. The molecule has 0 amide bonds. The number of benzene rings is 2. The van der Waals surface area contributed by atoms with Gasteiger partial charge >= 0.3 is 12.3 Å². The van der Waals surface area contributed by atoms with Crippen LogP contribution in [0.25, 0.3) is 0 Å². The Morgan fingerprint density at radius 2 is 1.83 bits per heavy atom. The van der Waals surface area contributed by atoms with Crippen LogP contribution >= 0.6 is 0 Å². The molecule has 0 saturated heterocycles. The molecule has 0 bridgehead atoms. The molecule has 1 N–H and O–H groups in total. The highest BCUT2D eigenvalue weighted by atomic mass is 19.3. The average molecular weight is 566 g/mol. The molecule has 2 aliphatic carbocycles. The molecular weight excluding hydrogens is 532 g/mol. The first-order valence-electron chi connectivity index (χ1n) is 14.3. The number of rotatable bonds is 6. The highest BCUT2D eigenvalue weighted by Crippen LogP contribution is 2.50. The number of phenolic OH excluding ortho intramolecular Hbond substituents is 1. The fourth-order valence-electron chi connectivity index (χ4n) is 6.61. The lowest BCUT2D eigenvalue weighted by Crippen LogP contribution is -2.40. The van der Waals surface area contributed by atoms with Crippen molar-refractivity contribution in [2.24, 2.45) is 16.8 Å². The van der Waals surface area contributed by atoms with Crippen molar-refractivity contribution >= 4 is 17.5 Å². The van der Waals surface area contributed by atoms with Crippen molar-refractivity contribution in [3.63, 3.8) is 0 Å². The molecule has 0 spiro atoms. The third kappa shape index (κ3) is 5.46. The summed E-state index contributed by atoms with van der Waals surface area (Å²) in [5.41, 5.74) is 3.03. The van der Waals surface area contributed by atoms with E-state index in [-0.39, 0.29) is 53.4 Å². The van der Waals surface area contributed by atoms with Gasteiger partial charge in [-0.05, 0) is 85.8 Å². The van der Waals surface area contributed by atoms with Crippen molar-refractivity contribution in [3.8, 4) is 17.2 Å². The second-order valence-corrected chi connectivity index (χ2v) is 11.9. The van der Waals surface area contributed by atoms with Crippen LogP contribution in [0.15, 0.2) is 58.7 Å². The Balaban J connectivity index is 1.41. The second kappa shape index (κ2) is 10.6. The predicted octanol–water partition coefficient (Wildman–Crippen LogP) is 6.80. The van der Waals surface area contributed by atoms with Crippen LogP contribution in [0.3, 0.4) is 0 Å². The quantitative estimate of drug-likeness (QED) is 0.387. The monoisotopic (exact) mass is 565 g/mol. The number of aromatic hydroxyl groups is 1. The van der Waals surface area contributed by atoms with Crippen molar-refractivity contribution < 1.29 is 37.7 Å². The average Bonchev–Trinajstić information content (AvgIpc) is 3.52. The molecule has 3 atom stereocenters. The Labute approximate surface area is 237 Å². The van der Waals surface area contributed by atoms with E-state index in [1.54, 1.807) is 24.3 Å². The first-order valence-corrected chi connectivity index (χ1v) is 14.3. The van der Waals surface area contributed by atoms with Gasteiger partial charge in [0.1, 0.15) is 17.8 Å². The molecule has 2 aliphatic heterocycles. The number of ketones is 1. The van der Waals surface area contributed by atoms with Gasteiger partial charge in [0.2, 0.25) is 0 Å². The number of ether oxygens (including phenoxy) is 3. The van der Waals surface area contributed by atoms with Crippen LogP contribution in [0.4, 0.5) is 8.78 Å². The van der Waals surface area contributed by atoms with E-state index in [9.17, 15) is 23.5 Å². The fraction of sp³-hybridized carbons (Fsp3) is 0.469. The molecule has 6 rings (SSSR count). The molecular formula is C32H33F2NO6. The number of phenols is 1. The molecule has 0 radical (unpaired) electrons.